The number of nitrogens with zero attached hydrogens (tertiary/aromatic N) is 1. The van der Waals surface area contributed by atoms with Crippen molar-refractivity contribution in [3.8, 4) is 0 Å². The monoisotopic (exact) mass is 311 g/mol. The van der Waals surface area contributed by atoms with E-state index >= 15 is 0 Å². The molecule has 1 aliphatic heterocycles. The standard InChI is InChI=1S/C17H29NO4/c1-4-5-7-13(2)10-14(12-22-3)11-16(19)18-9-6-8-15(18)17(20)21/h4,13-15H,1,5-12H2,2-3H3,(H,20,21). The van der Waals surface area contributed by atoms with Gasteiger partial charge in [0.05, 0.1) is 0 Å². The molecule has 5 nitrogen and oxygen atoms in total. The van der Waals surface area contributed by atoms with Crippen molar-refractivity contribution in [1.82, 2.24) is 4.90 Å². The Bertz CT molecular complexity index is 383. The lowest BCUT2D eigenvalue weighted by atomic mass is 9.90. The molecule has 1 rings (SSSR count). The lowest BCUT2D eigenvalue weighted by molar-refractivity contribution is -0.148. The van der Waals surface area contributed by atoms with Crippen LogP contribution in [0.5, 0.6) is 0 Å². The van der Waals surface area contributed by atoms with E-state index in [1.165, 1.54) is 4.90 Å². The predicted molar refractivity (Wildman–Crippen MR) is 85.6 cm³/mol. The number of aliphatic carboxylic acids is 1. The number of carboxylic acid groups (broad SMARTS) is 1. The number of hydrogen-bond acceptors (Lipinski definition) is 3. The van der Waals surface area contributed by atoms with Crippen molar-refractivity contribution < 1.29 is 19.4 Å². The smallest absolute Gasteiger partial charge is 0.326 e. The van der Waals surface area contributed by atoms with E-state index < -0.39 is 12.0 Å². The first-order valence-electron chi connectivity index (χ1n) is 8.11. The molecule has 0 spiro atoms. The predicted octanol–water partition coefficient (Wildman–Crippen LogP) is 2.71. The molecule has 3 atom stereocenters. The van der Waals surface area contributed by atoms with E-state index in [1.807, 2.05) is 6.08 Å². The number of carboxylic acids is 1. The molecule has 0 saturated carbocycles. The van der Waals surface area contributed by atoms with Gasteiger partial charge in [-0.25, -0.2) is 4.79 Å². The van der Waals surface area contributed by atoms with Crippen molar-refractivity contribution in [3.63, 3.8) is 0 Å². The van der Waals surface area contributed by atoms with Crippen LogP contribution in [-0.4, -0.2) is 48.2 Å². The molecule has 22 heavy (non-hydrogen) atoms. The summed E-state index contributed by atoms with van der Waals surface area (Å²) in [5.41, 5.74) is 0. The van der Waals surface area contributed by atoms with E-state index in [9.17, 15) is 14.7 Å². The number of methoxy groups -OCH3 is 1. The van der Waals surface area contributed by atoms with Gasteiger partial charge in [0.25, 0.3) is 0 Å². The van der Waals surface area contributed by atoms with Gasteiger partial charge in [-0.3, -0.25) is 4.79 Å². The number of hydrogen-bond donors (Lipinski definition) is 1. The van der Waals surface area contributed by atoms with Crippen LogP contribution < -0.4 is 0 Å². The molecule has 1 amide bonds. The Balaban J connectivity index is 2.55. The molecular formula is C17H29NO4. The Morgan fingerprint density at radius 2 is 2.23 bits per heavy atom. The lowest BCUT2D eigenvalue weighted by Crippen LogP contribution is -2.41. The molecule has 3 unspecified atom stereocenters. The highest BCUT2D eigenvalue weighted by molar-refractivity contribution is 5.84. The maximum absolute atomic E-state index is 12.4. The fraction of sp³-hybridized carbons (Fsp3) is 0.765. The van der Waals surface area contributed by atoms with Crippen LogP contribution in [0.3, 0.4) is 0 Å². The van der Waals surface area contributed by atoms with E-state index in [2.05, 4.69) is 13.5 Å². The van der Waals surface area contributed by atoms with Crippen molar-refractivity contribution in [2.45, 2.75) is 51.5 Å². The molecule has 0 aromatic carbocycles. The van der Waals surface area contributed by atoms with Gasteiger partial charge in [-0.05, 0) is 43.9 Å². The SMILES string of the molecule is C=CCCC(C)CC(COC)CC(=O)N1CCCC1C(=O)O. The maximum atomic E-state index is 12.4. The number of rotatable bonds is 10. The number of amides is 1. The molecule has 0 aromatic heterocycles. The first kappa shape index (κ1) is 18.7. The fourth-order valence-corrected chi connectivity index (χ4v) is 3.22. The average Bonchev–Trinajstić information content (AvgIpc) is 2.95. The average molecular weight is 311 g/mol. The quantitative estimate of drug-likeness (QED) is 0.630. The molecule has 1 heterocycles. The normalized spacial score (nSPS) is 20.6. The summed E-state index contributed by atoms with van der Waals surface area (Å²) in [5, 5.41) is 9.18. The lowest BCUT2D eigenvalue weighted by Gasteiger charge is -2.25. The van der Waals surface area contributed by atoms with Crippen LogP contribution in [-0.2, 0) is 14.3 Å². The molecule has 126 valence electrons. The Labute approximate surface area is 133 Å². The summed E-state index contributed by atoms with van der Waals surface area (Å²) in [6.07, 6.45) is 6.56. The van der Waals surface area contributed by atoms with Gasteiger partial charge in [0.15, 0.2) is 0 Å². The third-order valence-corrected chi connectivity index (χ3v) is 4.32. The molecule has 1 fully saturated rings. The van der Waals surface area contributed by atoms with Crippen LogP contribution in [0.15, 0.2) is 12.7 Å². The van der Waals surface area contributed by atoms with E-state index in [1.54, 1.807) is 7.11 Å². The molecule has 0 radical (unpaired) electrons. The minimum absolute atomic E-state index is 0.0529. The van der Waals surface area contributed by atoms with Gasteiger partial charge in [-0.15, -0.1) is 6.58 Å². The largest absolute Gasteiger partial charge is 0.480 e. The van der Waals surface area contributed by atoms with Crippen molar-refractivity contribution in [2.75, 3.05) is 20.3 Å². The van der Waals surface area contributed by atoms with Crippen molar-refractivity contribution in [2.24, 2.45) is 11.8 Å². The minimum atomic E-state index is -0.895. The maximum Gasteiger partial charge on any atom is 0.326 e. The minimum Gasteiger partial charge on any atom is -0.480 e. The Kier molecular flexibility index (Phi) is 8.17. The van der Waals surface area contributed by atoms with Gasteiger partial charge < -0.3 is 14.7 Å². The summed E-state index contributed by atoms with van der Waals surface area (Å²) in [7, 11) is 1.64. The van der Waals surface area contributed by atoms with Crippen molar-refractivity contribution in [1.29, 1.82) is 0 Å². The molecule has 0 aromatic rings. The van der Waals surface area contributed by atoms with Crippen molar-refractivity contribution >= 4 is 11.9 Å². The summed E-state index contributed by atoms with van der Waals surface area (Å²) < 4.78 is 5.24. The van der Waals surface area contributed by atoms with Crippen LogP contribution in [0.2, 0.25) is 0 Å². The van der Waals surface area contributed by atoms with Crippen molar-refractivity contribution in [3.05, 3.63) is 12.7 Å². The van der Waals surface area contributed by atoms with E-state index in [0.717, 1.165) is 25.7 Å². The van der Waals surface area contributed by atoms with Gasteiger partial charge in [-0.2, -0.15) is 0 Å². The topological polar surface area (TPSA) is 66.8 Å². The van der Waals surface area contributed by atoms with Crippen LogP contribution in [0.25, 0.3) is 0 Å². The molecule has 1 aliphatic rings. The van der Waals surface area contributed by atoms with E-state index in [4.69, 9.17) is 4.74 Å². The second kappa shape index (κ2) is 9.62. The summed E-state index contributed by atoms with van der Waals surface area (Å²) in [4.78, 5) is 25.2. The summed E-state index contributed by atoms with van der Waals surface area (Å²) >= 11 is 0. The molecule has 0 bridgehead atoms. The third kappa shape index (κ3) is 5.79. The van der Waals surface area contributed by atoms with Crippen LogP contribution in [0, 0.1) is 11.8 Å². The molecule has 1 saturated heterocycles. The highest BCUT2D eigenvalue weighted by Crippen LogP contribution is 2.24. The third-order valence-electron chi connectivity index (χ3n) is 4.32. The Hall–Kier alpha value is -1.36. The number of likely N-dealkylation sites (tertiary alicyclic amines) is 1. The van der Waals surface area contributed by atoms with E-state index in [-0.39, 0.29) is 11.8 Å². The zero-order valence-electron chi connectivity index (χ0n) is 13.8. The molecule has 5 heteroatoms. The Morgan fingerprint density at radius 3 is 2.82 bits per heavy atom. The van der Waals surface area contributed by atoms with Gasteiger partial charge in [0, 0.05) is 26.7 Å². The Morgan fingerprint density at radius 1 is 1.50 bits per heavy atom. The van der Waals surface area contributed by atoms with Crippen LogP contribution in [0.1, 0.15) is 45.4 Å². The number of carbonyl (C=O) groups excluding carboxylic acids is 1. The van der Waals surface area contributed by atoms with Gasteiger partial charge in [0.2, 0.25) is 5.91 Å². The molecule has 0 aliphatic carbocycles. The zero-order chi connectivity index (χ0) is 16.5. The first-order valence-corrected chi connectivity index (χ1v) is 8.11. The fourth-order valence-electron chi connectivity index (χ4n) is 3.22. The van der Waals surface area contributed by atoms with Crippen LogP contribution >= 0.6 is 0 Å². The van der Waals surface area contributed by atoms with Gasteiger partial charge in [0.1, 0.15) is 6.04 Å². The second-order valence-corrected chi connectivity index (χ2v) is 6.32. The first-order chi connectivity index (χ1) is 10.5. The van der Waals surface area contributed by atoms with Gasteiger partial charge in [-0.1, -0.05) is 13.0 Å². The molecular weight excluding hydrogens is 282 g/mol. The highest BCUT2D eigenvalue weighted by Gasteiger charge is 2.34. The van der Waals surface area contributed by atoms with Crippen LogP contribution in [0.4, 0.5) is 0 Å². The summed E-state index contributed by atoms with van der Waals surface area (Å²) in [6, 6.07) is -0.645. The zero-order valence-corrected chi connectivity index (χ0v) is 13.8. The number of allylic oxidation sites excluding steroid dienone is 1. The molecule has 1 N–H and O–H groups in total. The highest BCUT2D eigenvalue weighted by atomic mass is 16.5. The number of ether oxygens (including phenoxy) is 1. The second-order valence-electron chi connectivity index (χ2n) is 6.32. The summed E-state index contributed by atoms with van der Waals surface area (Å²) in [6.45, 7) is 7.00. The number of carbonyl (C=O) groups is 2. The van der Waals surface area contributed by atoms with E-state index in [0.29, 0.717) is 31.9 Å². The van der Waals surface area contributed by atoms with Gasteiger partial charge >= 0.3 is 5.97 Å². The summed E-state index contributed by atoms with van der Waals surface area (Å²) in [5.74, 6) is -0.302.